The highest BCUT2D eigenvalue weighted by molar-refractivity contribution is 5.87. The highest BCUT2D eigenvalue weighted by atomic mass is 16.1. The number of nitrogens with one attached hydrogen (secondary N) is 1. The van der Waals surface area contributed by atoms with Gasteiger partial charge in [0.2, 0.25) is 11.9 Å². The number of hydrogen-bond acceptors (Lipinski definition) is 5. The molecule has 24 heavy (non-hydrogen) atoms. The van der Waals surface area contributed by atoms with Gasteiger partial charge in [-0.1, -0.05) is 0 Å². The molecule has 2 aromatic heterocycles. The number of anilines is 2. The van der Waals surface area contributed by atoms with Crippen LogP contribution in [0.5, 0.6) is 0 Å². The van der Waals surface area contributed by atoms with Gasteiger partial charge < -0.3 is 10.2 Å². The van der Waals surface area contributed by atoms with E-state index in [4.69, 9.17) is 0 Å². The molecule has 0 bridgehead atoms. The Kier molecular flexibility index (Phi) is 5.36. The monoisotopic (exact) mass is 325 g/mol. The summed E-state index contributed by atoms with van der Waals surface area (Å²) in [5, 5.41) is 2.74. The molecular weight excluding hydrogens is 302 g/mol. The maximum atomic E-state index is 11.1. The van der Waals surface area contributed by atoms with Crippen molar-refractivity contribution in [2.45, 2.75) is 32.6 Å². The number of rotatable bonds is 5. The molecule has 1 aliphatic heterocycles. The fourth-order valence-electron chi connectivity index (χ4n) is 3.19. The number of aryl methyl sites for hydroxylation is 1. The van der Waals surface area contributed by atoms with Crippen LogP contribution in [0.15, 0.2) is 36.8 Å². The summed E-state index contributed by atoms with van der Waals surface area (Å²) in [7, 11) is 0. The van der Waals surface area contributed by atoms with Crippen molar-refractivity contribution in [3.63, 3.8) is 0 Å². The van der Waals surface area contributed by atoms with Crippen LogP contribution >= 0.6 is 0 Å². The van der Waals surface area contributed by atoms with E-state index in [0.29, 0.717) is 11.7 Å². The third-order valence-electron chi connectivity index (χ3n) is 4.32. The lowest BCUT2D eigenvalue weighted by atomic mass is 9.92. The van der Waals surface area contributed by atoms with Crippen LogP contribution in [0, 0.1) is 5.92 Å². The summed E-state index contributed by atoms with van der Waals surface area (Å²) in [4.78, 5) is 26.3. The third-order valence-corrected chi connectivity index (χ3v) is 4.32. The first-order valence-electron chi connectivity index (χ1n) is 8.45. The highest BCUT2D eigenvalue weighted by Crippen LogP contribution is 2.24. The topological polar surface area (TPSA) is 71.0 Å². The van der Waals surface area contributed by atoms with Crippen molar-refractivity contribution in [1.29, 1.82) is 0 Å². The molecule has 1 aliphatic rings. The Bertz CT molecular complexity index is 676. The maximum absolute atomic E-state index is 11.1. The average Bonchev–Trinajstić information content (AvgIpc) is 2.61. The van der Waals surface area contributed by atoms with E-state index in [1.807, 2.05) is 18.2 Å². The molecule has 6 nitrogen and oxygen atoms in total. The van der Waals surface area contributed by atoms with Gasteiger partial charge in [0.1, 0.15) is 5.82 Å². The SMILES string of the molecule is CC(=O)Nc1cc(CC[C@H]2CCCN(c3ncccn3)C2)ccn1. The second-order valence-electron chi connectivity index (χ2n) is 6.27. The number of nitrogens with zero attached hydrogens (tertiary/aromatic N) is 4. The lowest BCUT2D eigenvalue weighted by molar-refractivity contribution is -0.114. The molecule has 2 aromatic rings. The van der Waals surface area contributed by atoms with Crippen LogP contribution in [0.2, 0.25) is 0 Å². The Morgan fingerprint density at radius 1 is 1.29 bits per heavy atom. The van der Waals surface area contributed by atoms with Gasteiger partial charge in [-0.3, -0.25) is 4.79 Å². The van der Waals surface area contributed by atoms with Gasteiger partial charge in [0.15, 0.2) is 0 Å². The van der Waals surface area contributed by atoms with Crippen molar-refractivity contribution in [3.05, 3.63) is 42.4 Å². The molecule has 0 aromatic carbocycles. The molecule has 0 radical (unpaired) electrons. The van der Waals surface area contributed by atoms with E-state index in [1.54, 1.807) is 18.6 Å². The Labute approximate surface area is 142 Å². The molecule has 0 unspecified atom stereocenters. The molecule has 1 fully saturated rings. The van der Waals surface area contributed by atoms with Crippen molar-refractivity contribution < 1.29 is 4.79 Å². The lowest BCUT2D eigenvalue weighted by Crippen LogP contribution is -2.36. The van der Waals surface area contributed by atoms with E-state index in [-0.39, 0.29) is 5.91 Å². The predicted octanol–water partition coefficient (Wildman–Crippen LogP) is 2.68. The highest BCUT2D eigenvalue weighted by Gasteiger charge is 2.21. The Morgan fingerprint density at radius 2 is 2.12 bits per heavy atom. The molecule has 3 rings (SSSR count). The van der Waals surface area contributed by atoms with Crippen molar-refractivity contribution in [1.82, 2.24) is 15.0 Å². The van der Waals surface area contributed by atoms with Gasteiger partial charge in [-0.2, -0.15) is 0 Å². The van der Waals surface area contributed by atoms with Crippen LogP contribution in [0.3, 0.4) is 0 Å². The van der Waals surface area contributed by atoms with Gasteiger partial charge in [0.25, 0.3) is 0 Å². The molecule has 1 atom stereocenters. The third kappa shape index (κ3) is 4.50. The van der Waals surface area contributed by atoms with Crippen LogP contribution in [0.1, 0.15) is 31.7 Å². The van der Waals surface area contributed by atoms with E-state index in [1.165, 1.54) is 25.3 Å². The normalized spacial score (nSPS) is 17.5. The Hall–Kier alpha value is -2.50. The summed E-state index contributed by atoms with van der Waals surface area (Å²) < 4.78 is 0. The first-order valence-corrected chi connectivity index (χ1v) is 8.45. The largest absolute Gasteiger partial charge is 0.341 e. The minimum atomic E-state index is -0.0922. The van der Waals surface area contributed by atoms with E-state index in [0.717, 1.165) is 31.9 Å². The van der Waals surface area contributed by atoms with Crippen molar-refractivity contribution in [2.24, 2.45) is 5.92 Å². The molecule has 0 saturated carbocycles. The van der Waals surface area contributed by atoms with Gasteiger partial charge in [-0.25, -0.2) is 15.0 Å². The quantitative estimate of drug-likeness (QED) is 0.915. The second kappa shape index (κ2) is 7.86. The lowest BCUT2D eigenvalue weighted by Gasteiger charge is -2.32. The van der Waals surface area contributed by atoms with Crippen molar-refractivity contribution in [3.8, 4) is 0 Å². The summed E-state index contributed by atoms with van der Waals surface area (Å²) >= 11 is 0. The van der Waals surface area contributed by atoms with Crippen LogP contribution < -0.4 is 10.2 Å². The van der Waals surface area contributed by atoms with Gasteiger partial charge in [-0.15, -0.1) is 0 Å². The molecule has 6 heteroatoms. The molecule has 0 aliphatic carbocycles. The van der Waals surface area contributed by atoms with Crippen LogP contribution in [-0.4, -0.2) is 33.9 Å². The zero-order valence-corrected chi connectivity index (χ0v) is 14.0. The van der Waals surface area contributed by atoms with E-state index in [9.17, 15) is 4.79 Å². The number of aromatic nitrogens is 3. The number of hydrogen-bond donors (Lipinski definition) is 1. The van der Waals surface area contributed by atoms with Crippen LogP contribution in [-0.2, 0) is 11.2 Å². The Morgan fingerprint density at radius 3 is 2.92 bits per heavy atom. The first kappa shape index (κ1) is 16.4. The molecule has 1 amide bonds. The fourth-order valence-corrected chi connectivity index (χ4v) is 3.19. The average molecular weight is 325 g/mol. The predicted molar refractivity (Wildman–Crippen MR) is 93.8 cm³/mol. The maximum Gasteiger partial charge on any atom is 0.225 e. The van der Waals surface area contributed by atoms with Crippen molar-refractivity contribution in [2.75, 3.05) is 23.3 Å². The summed E-state index contributed by atoms with van der Waals surface area (Å²) in [5.41, 5.74) is 1.21. The molecule has 3 heterocycles. The summed E-state index contributed by atoms with van der Waals surface area (Å²) in [6, 6.07) is 5.83. The van der Waals surface area contributed by atoms with Gasteiger partial charge in [0.05, 0.1) is 0 Å². The van der Waals surface area contributed by atoms with E-state index < -0.39 is 0 Å². The number of pyridine rings is 1. The van der Waals surface area contributed by atoms with E-state index in [2.05, 4.69) is 25.2 Å². The summed E-state index contributed by atoms with van der Waals surface area (Å²) in [6.45, 7) is 3.53. The molecule has 0 spiro atoms. The van der Waals surface area contributed by atoms with Gasteiger partial charge in [0, 0.05) is 38.6 Å². The standard InChI is InChI=1S/C18H23N5O/c1-14(24)22-17-12-15(7-10-19-17)5-6-16-4-2-11-23(13-16)18-20-8-3-9-21-18/h3,7-10,12,16H,2,4-6,11,13H2,1H3,(H,19,22,24)/t16-/m1/s1. The molecule has 1 N–H and O–H groups in total. The van der Waals surface area contributed by atoms with Crippen molar-refractivity contribution >= 4 is 17.7 Å². The van der Waals surface area contributed by atoms with E-state index >= 15 is 0 Å². The number of carbonyl (C=O) groups excluding carboxylic acids is 1. The molecular formula is C18H23N5O. The summed E-state index contributed by atoms with van der Waals surface area (Å²) in [6.07, 6.45) is 9.88. The zero-order valence-electron chi connectivity index (χ0n) is 14.0. The van der Waals surface area contributed by atoms with Crippen LogP contribution in [0.25, 0.3) is 0 Å². The Balaban J connectivity index is 1.55. The van der Waals surface area contributed by atoms with Gasteiger partial charge in [-0.05, 0) is 55.4 Å². The summed E-state index contributed by atoms with van der Waals surface area (Å²) in [5.74, 6) is 2.01. The fraction of sp³-hybridized carbons (Fsp3) is 0.444. The molecule has 126 valence electrons. The smallest absolute Gasteiger partial charge is 0.225 e. The number of amides is 1. The number of piperidine rings is 1. The minimum absolute atomic E-state index is 0.0922. The van der Waals surface area contributed by atoms with Gasteiger partial charge >= 0.3 is 0 Å². The second-order valence-corrected chi connectivity index (χ2v) is 6.27. The first-order chi connectivity index (χ1) is 11.7. The number of carbonyl (C=O) groups is 1. The minimum Gasteiger partial charge on any atom is -0.341 e. The van der Waals surface area contributed by atoms with Crippen LogP contribution in [0.4, 0.5) is 11.8 Å². The molecule has 1 saturated heterocycles. The zero-order chi connectivity index (χ0) is 16.8.